The van der Waals surface area contributed by atoms with Crippen molar-refractivity contribution in [2.24, 2.45) is 5.73 Å². The first-order chi connectivity index (χ1) is 32.1. The van der Waals surface area contributed by atoms with Crippen LogP contribution in [0.5, 0.6) is 0 Å². The number of thiazole rings is 2. The van der Waals surface area contributed by atoms with E-state index in [2.05, 4.69) is 78.2 Å². The molecule has 2 fully saturated rings. The monoisotopic (exact) mass is 944 g/mol. The normalized spacial score (nSPS) is 14.2. The Bertz CT molecular complexity index is 3020. The average molecular weight is 945 g/mol. The molecule has 10 rings (SSSR count). The van der Waals surface area contributed by atoms with Gasteiger partial charge in [-0.3, -0.25) is 8.80 Å². The molecule has 3 N–H and O–H groups in total. The number of hydrogen-bond acceptors (Lipinski definition) is 13. The Labute approximate surface area is 396 Å². The fourth-order valence-electron chi connectivity index (χ4n) is 8.20. The summed E-state index contributed by atoms with van der Waals surface area (Å²) >= 11 is 3.10. The van der Waals surface area contributed by atoms with Crippen molar-refractivity contribution in [2.75, 3.05) is 59.9 Å². The van der Waals surface area contributed by atoms with Crippen LogP contribution in [0.4, 0.5) is 46.8 Å². The number of imidazole rings is 2. The lowest BCUT2D eigenvalue weighted by Gasteiger charge is -2.41. The molecular formula is C49H54F2N12O2S2. The number of pyridine rings is 2. The summed E-state index contributed by atoms with van der Waals surface area (Å²) in [6.45, 7) is 12.9. The summed E-state index contributed by atoms with van der Waals surface area (Å²) in [6.07, 6.45) is 5.43. The highest BCUT2D eigenvalue weighted by Crippen LogP contribution is 2.37. The number of carbonyl (C=O) groups is 1. The quantitative estimate of drug-likeness (QED) is 0.128. The zero-order valence-electron chi connectivity index (χ0n) is 38.6. The number of fused-ring (bicyclic) bond motifs is 2. The first kappa shape index (κ1) is 45.5. The van der Waals surface area contributed by atoms with Gasteiger partial charge in [0, 0.05) is 80.6 Å². The first-order valence-corrected chi connectivity index (χ1v) is 24.1. The van der Waals surface area contributed by atoms with Gasteiger partial charge in [0.2, 0.25) is 0 Å². The van der Waals surface area contributed by atoms with Crippen molar-refractivity contribution in [2.45, 2.75) is 65.1 Å². The lowest BCUT2D eigenvalue weighted by atomic mass is 10.1. The van der Waals surface area contributed by atoms with Gasteiger partial charge in [-0.15, -0.1) is 22.7 Å². The van der Waals surface area contributed by atoms with Crippen LogP contribution in [-0.4, -0.2) is 92.8 Å². The summed E-state index contributed by atoms with van der Waals surface area (Å²) in [7, 11) is 4.01. The highest BCUT2D eigenvalue weighted by molar-refractivity contribution is 7.14. The number of alkyl carbamates (subject to hydrolysis) is 1. The molecule has 18 heteroatoms. The maximum absolute atomic E-state index is 13.3. The first-order valence-electron chi connectivity index (χ1n) is 22.3. The van der Waals surface area contributed by atoms with E-state index in [1.165, 1.54) is 35.6 Å². The van der Waals surface area contributed by atoms with Gasteiger partial charge in [0.25, 0.3) is 0 Å². The number of nitrogens with one attached hydrogen (secondary N) is 1. The number of amides is 1. The lowest BCUT2D eigenvalue weighted by Crippen LogP contribution is -2.60. The lowest BCUT2D eigenvalue weighted by molar-refractivity contribution is 0.0496. The molecule has 14 nitrogen and oxygen atoms in total. The van der Waals surface area contributed by atoms with Gasteiger partial charge >= 0.3 is 6.09 Å². The Morgan fingerprint density at radius 2 is 1.13 bits per heavy atom. The Hall–Kier alpha value is -6.63. The minimum atomic E-state index is -0.517. The molecule has 2 aliphatic rings. The zero-order valence-corrected chi connectivity index (χ0v) is 40.2. The van der Waals surface area contributed by atoms with Crippen molar-refractivity contribution in [3.8, 4) is 22.5 Å². The van der Waals surface area contributed by atoms with E-state index in [9.17, 15) is 13.6 Å². The van der Waals surface area contributed by atoms with Gasteiger partial charge in [-0.05, 0) is 106 Å². The summed E-state index contributed by atoms with van der Waals surface area (Å²) in [4.78, 5) is 40.0. The smallest absolute Gasteiger partial charge is 0.407 e. The third-order valence-electron chi connectivity index (χ3n) is 11.7. The van der Waals surface area contributed by atoms with Gasteiger partial charge in [0.1, 0.15) is 40.2 Å². The van der Waals surface area contributed by atoms with Crippen molar-refractivity contribution in [1.82, 2.24) is 34.1 Å². The second kappa shape index (κ2) is 18.6. The fourth-order valence-corrected chi connectivity index (χ4v) is 9.80. The number of hydrogen-bond donors (Lipinski definition) is 2. The maximum Gasteiger partial charge on any atom is 0.407 e. The van der Waals surface area contributed by atoms with Gasteiger partial charge in [-0.25, -0.2) is 33.5 Å². The molecule has 8 heterocycles. The molecule has 2 aliphatic heterocycles. The molecule has 0 saturated carbocycles. The van der Waals surface area contributed by atoms with E-state index in [-0.39, 0.29) is 29.8 Å². The highest BCUT2D eigenvalue weighted by atomic mass is 32.1. The van der Waals surface area contributed by atoms with E-state index in [0.717, 1.165) is 104 Å². The topological polar surface area (TPSA) is 138 Å². The molecule has 348 valence electrons. The van der Waals surface area contributed by atoms with Gasteiger partial charge in [0.15, 0.2) is 10.3 Å². The summed E-state index contributed by atoms with van der Waals surface area (Å²) in [5.74, 6) is 1.46. The van der Waals surface area contributed by atoms with E-state index < -0.39 is 5.60 Å². The Morgan fingerprint density at radius 3 is 1.54 bits per heavy atom. The molecular weight excluding hydrogens is 891 g/mol. The minimum absolute atomic E-state index is 0.0434. The number of rotatable bonds is 11. The number of aryl methyl sites for hydroxylation is 2. The van der Waals surface area contributed by atoms with Crippen LogP contribution in [0.1, 0.15) is 46.0 Å². The Kier molecular flexibility index (Phi) is 12.6. The number of aromatic nitrogens is 6. The largest absolute Gasteiger partial charge is 0.444 e. The second-order valence-electron chi connectivity index (χ2n) is 17.8. The van der Waals surface area contributed by atoms with Gasteiger partial charge < -0.3 is 35.4 Å². The van der Waals surface area contributed by atoms with Crippen LogP contribution < -0.4 is 30.7 Å². The summed E-state index contributed by atoms with van der Waals surface area (Å²) in [5.41, 5.74) is 14.8. The highest BCUT2D eigenvalue weighted by Gasteiger charge is 2.31. The zero-order chi connectivity index (χ0) is 47.1. The van der Waals surface area contributed by atoms with Gasteiger partial charge in [0.05, 0.1) is 40.2 Å². The third kappa shape index (κ3) is 9.64. The second-order valence-corrected chi connectivity index (χ2v) is 19.5. The van der Waals surface area contributed by atoms with Crippen molar-refractivity contribution >= 4 is 73.3 Å². The van der Waals surface area contributed by atoms with Gasteiger partial charge in [-0.1, -0.05) is 13.8 Å². The van der Waals surface area contributed by atoms with Crippen LogP contribution >= 0.6 is 22.7 Å². The molecule has 8 aromatic rings. The number of nitrogens with two attached hydrogens (primary N) is 1. The van der Waals surface area contributed by atoms with Crippen LogP contribution in [-0.2, 0) is 17.6 Å². The van der Waals surface area contributed by atoms with Crippen molar-refractivity contribution in [1.29, 1.82) is 0 Å². The van der Waals surface area contributed by atoms with Crippen LogP contribution in [0.3, 0.4) is 0 Å². The van der Waals surface area contributed by atoms with Crippen molar-refractivity contribution < 1.29 is 18.3 Å². The molecule has 2 aromatic carbocycles. The number of nitrogens with zero attached hydrogens (tertiary/aromatic N) is 10. The average Bonchev–Trinajstić information content (AvgIpc) is 4.11. The molecule has 2 saturated heterocycles. The maximum atomic E-state index is 13.3. The predicted octanol–water partition coefficient (Wildman–Crippen LogP) is 9.71. The number of benzene rings is 2. The standard InChI is InChI=1S/C27H31FN6O2S.C22H23FN6S/c1-6-21-24(32(5)25-31-22(16-37-25)17-7-9-18(28)10-8-17)34-15-20(11-12-23(34)30-21)33-13-19(14-33)29-26(35)36-27(2,3)4;1-3-18-21(29-12-17(8-9-20(29)25-18)28-10-16(24)11-28)27(2)22-26-19(13-30-22)14-4-6-15(23)7-5-14/h7-12,15-16,19H,6,13-14H2,1-5H3,(H,29,35);4-9,12-13,16H,3,10-11,24H2,1-2H3. The van der Waals surface area contributed by atoms with E-state index in [0.29, 0.717) is 13.1 Å². The Morgan fingerprint density at radius 1 is 0.701 bits per heavy atom. The minimum Gasteiger partial charge on any atom is -0.444 e. The van der Waals surface area contributed by atoms with E-state index in [1.807, 2.05) is 51.7 Å². The van der Waals surface area contributed by atoms with Crippen molar-refractivity contribution in [3.63, 3.8) is 0 Å². The Balaban J connectivity index is 0.000000171. The molecule has 0 spiro atoms. The van der Waals surface area contributed by atoms with Crippen molar-refractivity contribution in [3.05, 3.63) is 119 Å². The third-order valence-corrected chi connectivity index (χ3v) is 13.5. The van der Waals surface area contributed by atoms with E-state index in [4.69, 9.17) is 30.4 Å². The fraction of sp³-hybridized carbons (Fsp3) is 0.327. The van der Waals surface area contributed by atoms with Crippen LogP contribution in [0.15, 0.2) is 96.0 Å². The number of halogens is 2. The molecule has 0 unspecified atom stereocenters. The number of carbonyl (C=O) groups excluding carboxylic acids is 1. The molecule has 67 heavy (non-hydrogen) atoms. The molecule has 0 bridgehead atoms. The summed E-state index contributed by atoms with van der Waals surface area (Å²) in [6, 6.07) is 21.3. The summed E-state index contributed by atoms with van der Waals surface area (Å²) in [5, 5.41) is 8.61. The van der Waals surface area contributed by atoms with Crippen LogP contribution in [0.2, 0.25) is 0 Å². The summed E-state index contributed by atoms with van der Waals surface area (Å²) < 4.78 is 36.2. The molecule has 0 atom stereocenters. The molecule has 6 aromatic heterocycles. The van der Waals surface area contributed by atoms with E-state index in [1.54, 1.807) is 35.6 Å². The molecule has 0 aliphatic carbocycles. The SMILES string of the molecule is CCc1nc2ccc(N3CC(N)C3)cn2c1N(C)c1nc(-c2ccc(F)cc2)cs1.CCc1nc2ccc(N3CC(NC(=O)OC(C)(C)C)C3)cn2c1N(C)c1nc(-c2ccc(F)cc2)cs1. The van der Waals surface area contributed by atoms with Crippen LogP contribution in [0.25, 0.3) is 33.8 Å². The number of ether oxygens (including phenoxy) is 1. The molecule has 1 amide bonds. The number of anilines is 6. The predicted molar refractivity (Wildman–Crippen MR) is 266 cm³/mol. The van der Waals surface area contributed by atoms with Gasteiger partial charge in [-0.2, -0.15) is 0 Å². The molecule has 0 radical (unpaired) electrons. The van der Waals surface area contributed by atoms with Crippen LogP contribution in [0, 0.1) is 11.6 Å². The van der Waals surface area contributed by atoms with E-state index >= 15 is 0 Å².